The van der Waals surface area contributed by atoms with E-state index < -0.39 is 9.84 Å². The van der Waals surface area contributed by atoms with Crippen LogP contribution in [0.25, 0.3) is 12.3 Å². The van der Waals surface area contributed by atoms with Crippen LogP contribution in [0.15, 0.2) is 65.7 Å². The van der Waals surface area contributed by atoms with Gasteiger partial charge in [0, 0.05) is 31.1 Å². The Morgan fingerprint density at radius 2 is 1.91 bits per heavy atom. The van der Waals surface area contributed by atoms with Gasteiger partial charge in [-0.05, 0) is 54.0 Å². The summed E-state index contributed by atoms with van der Waals surface area (Å²) >= 11 is 6.31. The smallest absolute Gasteiger partial charge is 0.226 e. The van der Waals surface area contributed by atoms with Crippen LogP contribution in [0.5, 0.6) is 0 Å². The zero-order valence-corrected chi connectivity index (χ0v) is 20.6. The summed E-state index contributed by atoms with van der Waals surface area (Å²) in [6.07, 6.45) is 11.3. The number of carbonyl (C=O) groups excluding carboxylic acids is 1. The third-order valence-corrected chi connectivity index (χ3v) is 7.83. The fraction of sp³-hybridized carbons (Fsp3) is 0.308. The first-order valence-corrected chi connectivity index (χ1v) is 13.6. The molecule has 0 radical (unpaired) electrons. The first kappa shape index (κ1) is 24.2. The lowest BCUT2D eigenvalue weighted by molar-refractivity contribution is -0.116. The number of hydrogen-bond donors (Lipinski definition) is 1. The molecule has 0 saturated heterocycles. The van der Waals surface area contributed by atoms with Crippen LogP contribution in [-0.4, -0.2) is 30.4 Å². The molecule has 6 nitrogen and oxygen atoms in total. The largest absolute Gasteiger partial charge is 0.309 e. The Labute approximate surface area is 205 Å². The van der Waals surface area contributed by atoms with Crippen molar-refractivity contribution in [2.24, 2.45) is 5.92 Å². The lowest BCUT2D eigenvalue weighted by Crippen LogP contribution is -2.20. The summed E-state index contributed by atoms with van der Waals surface area (Å²) in [5.41, 5.74) is 1.96. The minimum atomic E-state index is -3.41. The number of carbonyl (C=O) groups is 1. The molecule has 1 saturated carbocycles. The molecule has 1 aliphatic carbocycles. The molecule has 3 aromatic rings. The summed E-state index contributed by atoms with van der Waals surface area (Å²) < 4.78 is 25.5. The highest BCUT2D eigenvalue weighted by Crippen LogP contribution is 2.41. The number of sulfone groups is 1. The molecule has 0 unspecified atom stereocenters. The van der Waals surface area contributed by atoms with E-state index in [1.165, 1.54) is 0 Å². The Hall–Kier alpha value is -2.90. The van der Waals surface area contributed by atoms with E-state index in [0.29, 0.717) is 11.7 Å². The molecular weight excluding hydrogens is 470 g/mol. The summed E-state index contributed by atoms with van der Waals surface area (Å²) in [7, 11) is -3.41. The third-order valence-electron chi connectivity index (χ3n) is 6.25. The van der Waals surface area contributed by atoms with Crippen molar-refractivity contribution < 1.29 is 13.2 Å². The van der Waals surface area contributed by atoms with Crippen LogP contribution >= 0.6 is 11.6 Å². The number of nitrogens with one attached hydrogen (secondary N) is 1. The number of rotatable bonds is 8. The van der Waals surface area contributed by atoms with Gasteiger partial charge in [-0.3, -0.25) is 4.79 Å². The predicted octanol–water partition coefficient (Wildman–Crippen LogP) is 5.87. The van der Waals surface area contributed by atoms with Gasteiger partial charge in [0.2, 0.25) is 5.91 Å². The Balaban J connectivity index is 1.46. The van der Waals surface area contributed by atoms with Gasteiger partial charge < -0.3 is 5.32 Å². The molecule has 178 valence electrons. The molecule has 1 aliphatic rings. The monoisotopic (exact) mass is 497 g/mol. The summed E-state index contributed by atoms with van der Waals surface area (Å²) in [4.78, 5) is 13.1. The van der Waals surface area contributed by atoms with Crippen LogP contribution in [0.1, 0.15) is 49.1 Å². The highest BCUT2D eigenvalue weighted by Gasteiger charge is 2.29. The normalized spacial score (nSPS) is 15.6. The van der Waals surface area contributed by atoms with Crippen LogP contribution in [-0.2, 0) is 14.6 Å². The molecule has 1 N–H and O–H groups in total. The van der Waals surface area contributed by atoms with Gasteiger partial charge in [0.05, 0.1) is 9.92 Å². The minimum absolute atomic E-state index is 0.0336. The van der Waals surface area contributed by atoms with Crippen molar-refractivity contribution >= 4 is 45.4 Å². The molecule has 1 heterocycles. The van der Waals surface area contributed by atoms with E-state index >= 15 is 0 Å². The zero-order valence-electron chi connectivity index (χ0n) is 19.0. The van der Waals surface area contributed by atoms with Crippen LogP contribution in [0.4, 0.5) is 5.82 Å². The van der Waals surface area contributed by atoms with Crippen molar-refractivity contribution in [2.75, 3.05) is 11.6 Å². The molecule has 1 aromatic heterocycles. The van der Waals surface area contributed by atoms with E-state index in [2.05, 4.69) is 10.4 Å². The topological polar surface area (TPSA) is 81.1 Å². The summed E-state index contributed by atoms with van der Waals surface area (Å²) in [6, 6.07) is 16.7. The van der Waals surface area contributed by atoms with Crippen molar-refractivity contribution in [1.29, 1.82) is 0 Å². The van der Waals surface area contributed by atoms with Crippen LogP contribution in [0, 0.1) is 5.92 Å². The highest BCUT2D eigenvalue weighted by atomic mass is 35.5. The standard InChI is InChI=1S/C26H28ClN3O3S/c1-34(32,33)24-12-11-21(17-23(24)27)22(20-9-5-6-10-20)18-26(31)28-25-14-16-30(29-25)15-13-19-7-3-2-4-8-19/h2-4,7-8,11-17,20,22H,5-6,9-10,18H2,1H3,(H,28,29,31)/t22-/m1/s1. The molecule has 0 bridgehead atoms. The predicted molar refractivity (Wildman–Crippen MR) is 136 cm³/mol. The number of aromatic nitrogens is 2. The molecule has 8 heteroatoms. The Kier molecular flexibility index (Phi) is 7.54. The van der Waals surface area contributed by atoms with Gasteiger partial charge in [-0.2, -0.15) is 5.10 Å². The molecule has 0 aliphatic heterocycles. The second kappa shape index (κ2) is 10.6. The third kappa shape index (κ3) is 6.15. The summed E-state index contributed by atoms with van der Waals surface area (Å²) in [6.45, 7) is 0. The van der Waals surface area contributed by atoms with Crippen molar-refractivity contribution in [1.82, 2.24) is 9.78 Å². The van der Waals surface area contributed by atoms with Crippen LogP contribution < -0.4 is 5.32 Å². The summed E-state index contributed by atoms with van der Waals surface area (Å²) in [5, 5.41) is 7.51. The number of anilines is 1. The maximum absolute atomic E-state index is 12.9. The second-order valence-electron chi connectivity index (χ2n) is 8.77. The number of nitrogens with zero attached hydrogens (tertiary/aromatic N) is 2. The van der Waals surface area contributed by atoms with Crippen LogP contribution in [0.2, 0.25) is 5.02 Å². The first-order chi connectivity index (χ1) is 16.3. The Morgan fingerprint density at radius 1 is 1.18 bits per heavy atom. The molecule has 34 heavy (non-hydrogen) atoms. The van der Waals surface area contributed by atoms with Gasteiger partial charge in [-0.15, -0.1) is 0 Å². The van der Waals surface area contributed by atoms with Gasteiger partial charge in [0.1, 0.15) is 0 Å². The average molecular weight is 498 g/mol. The number of amides is 1. The molecule has 2 aromatic carbocycles. The lowest BCUT2D eigenvalue weighted by atomic mass is 9.82. The maximum Gasteiger partial charge on any atom is 0.226 e. The van der Waals surface area contributed by atoms with E-state index in [0.717, 1.165) is 43.1 Å². The van der Waals surface area contributed by atoms with Crippen molar-refractivity contribution in [3.05, 3.63) is 76.9 Å². The van der Waals surface area contributed by atoms with Crippen molar-refractivity contribution in [3.63, 3.8) is 0 Å². The summed E-state index contributed by atoms with van der Waals surface area (Å²) in [5.74, 6) is 0.682. The molecule has 0 spiro atoms. The number of hydrogen-bond acceptors (Lipinski definition) is 4. The molecule has 4 rings (SSSR count). The Morgan fingerprint density at radius 3 is 2.59 bits per heavy atom. The quantitative estimate of drug-likeness (QED) is 0.422. The van der Waals surface area contributed by atoms with E-state index in [9.17, 15) is 13.2 Å². The van der Waals surface area contributed by atoms with Crippen molar-refractivity contribution in [3.8, 4) is 0 Å². The first-order valence-electron chi connectivity index (χ1n) is 11.4. The van der Waals surface area contributed by atoms with Crippen LogP contribution in [0.3, 0.4) is 0 Å². The SMILES string of the molecule is CS(=O)(=O)c1ccc([C@H](CC(=O)Nc2ccn(C=Cc3ccccc3)n2)C2CCCC2)cc1Cl. The van der Waals surface area contributed by atoms with Gasteiger partial charge in [-0.1, -0.05) is 60.8 Å². The zero-order chi connectivity index (χ0) is 24.1. The van der Waals surface area contributed by atoms with Crippen molar-refractivity contribution in [2.45, 2.75) is 42.9 Å². The highest BCUT2D eigenvalue weighted by molar-refractivity contribution is 7.90. The maximum atomic E-state index is 12.9. The van der Waals surface area contributed by atoms with Gasteiger partial charge in [0.15, 0.2) is 15.7 Å². The second-order valence-corrected chi connectivity index (χ2v) is 11.2. The lowest BCUT2D eigenvalue weighted by Gasteiger charge is -2.24. The van der Waals surface area contributed by atoms with E-state index in [4.69, 9.17) is 11.6 Å². The van der Waals surface area contributed by atoms with E-state index in [-0.39, 0.29) is 28.2 Å². The fourth-order valence-corrected chi connectivity index (χ4v) is 5.91. The number of halogens is 1. The average Bonchev–Trinajstić information content (AvgIpc) is 3.48. The molecule has 1 atom stereocenters. The molecule has 1 amide bonds. The Bertz CT molecular complexity index is 1280. The van der Waals surface area contributed by atoms with E-state index in [1.54, 1.807) is 35.1 Å². The van der Waals surface area contributed by atoms with E-state index in [1.807, 2.05) is 42.6 Å². The number of benzene rings is 2. The van der Waals surface area contributed by atoms with Gasteiger partial charge >= 0.3 is 0 Å². The molecule has 1 fully saturated rings. The van der Waals surface area contributed by atoms with Gasteiger partial charge in [0.25, 0.3) is 0 Å². The molecular formula is C26H28ClN3O3S. The minimum Gasteiger partial charge on any atom is -0.309 e. The fourth-order valence-electron chi connectivity index (χ4n) is 4.57. The van der Waals surface area contributed by atoms with Gasteiger partial charge in [-0.25, -0.2) is 13.1 Å².